The molecule has 5 heteroatoms. The van der Waals surface area contributed by atoms with Gasteiger partial charge in [-0.2, -0.15) is 0 Å². The van der Waals surface area contributed by atoms with Crippen molar-refractivity contribution in [3.05, 3.63) is 17.8 Å². The van der Waals surface area contributed by atoms with Gasteiger partial charge in [0.25, 0.3) is 0 Å². The Balaban J connectivity index is 1.82. The van der Waals surface area contributed by atoms with Crippen LogP contribution in [0.25, 0.3) is 0 Å². The summed E-state index contributed by atoms with van der Waals surface area (Å²) in [6.45, 7) is 0.817. The first kappa shape index (κ1) is 12.1. The van der Waals surface area contributed by atoms with Crippen LogP contribution in [0.3, 0.4) is 0 Å². The van der Waals surface area contributed by atoms with Crippen molar-refractivity contribution in [1.82, 2.24) is 4.98 Å². The van der Waals surface area contributed by atoms with E-state index < -0.39 is 5.97 Å². The number of nitrogens with zero attached hydrogens (tertiary/aromatic N) is 1. The molecule has 1 atom stereocenters. The van der Waals surface area contributed by atoms with Crippen molar-refractivity contribution in [3.8, 4) is 0 Å². The van der Waals surface area contributed by atoms with E-state index in [1.807, 2.05) is 0 Å². The molecule has 0 bridgehead atoms. The number of aliphatic carboxylic acids is 1. The van der Waals surface area contributed by atoms with Crippen LogP contribution in [0.2, 0.25) is 0 Å². The van der Waals surface area contributed by atoms with Crippen LogP contribution in [0.1, 0.15) is 37.3 Å². The van der Waals surface area contributed by atoms with Crippen LogP contribution in [-0.4, -0.2) is 28.8 Å². The van der Waals surface area contributed by atoms with Gasteiger partial charge in [-0.15, -0.1) is 0 Å². The lowest BCUT2D eigenvalue weighted by Gasteiger charge is -2.20. The van der Waals surface area contributed by atoms with E-state index in [-0.39, 0.29) is 12.5 Å². The minimum absolute atomic E-state index is 0.0779. The summed E-state index contributed by atoms with van der Waals surface area (Å²) in [5.41, 5.74) is 0. The van der Waals surface area contributed by atoms with E-state index in [2.05, 4.69) is 4.98 Å². The number of carboxylic acid groups (broad SMARTS) is 1. The Morgan fingerprint density at radius 1 is 1.53 bits per heavy atom. The number of ether oxygens (including phenoxy) is 1. The summed E-state index contributed by atoms with van der Waals surface area (Å²) < 4.78 is 11.1. The average Bonchev–Trinajstić information content (AvgIpc) is 2.75. The zero-order chi connectivity index (χ0) is 12.1. The molecule has 17 heavy (non-hydrogen) atoms. The highest BCUT2D eigenvalue weighted by Gasteiger charge is 2.17. The lowest BCUT2D eigenvalue weighted by Crippen LogP contribution is -2.21. The molecule has 1 aliphatic heterocycles. The van der Waals surface area contributed by atoms with E-state index in [4.69, 9.17) is 14.3 Å². The summed E-state index contributed by atoms with van der Waals surface area (Å²) in [5.74, 6) is 0.467. The Bertz CT molecular complexity index is 368. The number of aryl methyl sites for hydroxylation is 1. The third kappa shape index (κ3) is 3.85. The molecule has 0 spiro atoms. The summed E-state index contributed by atoms with van der Waals surface area (Å²) in [5, 5.41) is 8.56. The van der Waals surface area contributed by atoms with Gasteiger partial charge in [0.05, 0.1) is 25.1 Å². The van der Waals surface area contributed by atoms with Crippen LogP contribution in [0.5, 0.6) is 0 Å². The highest BCUT2D eigenvalue weighted by Crippen LogP contribution is 2.17. The Morgan fingerprint density at radius 2 is 2.41 bits per heavy atom. The molecular formula is C12H17NO4. The van der Waals surface area contributed by atoms with Crippen LogP contribution in [0, 0.1) is 0 Å². The van der Waals surface area contributed by atoms with Gasteiger partial charge in [0.15, 0.2) is 5.89 Å². The molecule has 1 aromatic rings. The quantitative estimate of drug-likeness (QED) is 0.848. The first-order valence-corrected chi connectivity index (χ1v) is 6.01. The Hall–Kier alpha value is -1.36. The van der Waals surface area contributed by atoms with Crippen LogP contribution in [0.4, 0.5) is 0 Å². The predicted molar refractivity (Wildman–Crippen MR) is 59.8 cm³/mol. The second kappa shape index (κ2) is 5.82. The first-order chi connectivity index (χ1) is 8.24. The Kier molecular flexibility index (Phi) is 4.14. The standard InChI is InChI=1S/C12H17NO4/c14-12(15)5-4-10-8-13-11(17-10)7-9-3-1-2-6-16-9/h8-9H,1-7H2,(H,14,15). The molecule has 1 saturated heterocycles. The molecule has 1 aliphatic rings. The number of hydrogen-bond donors (Lipinski definition) is 1. The van der Waals surface area contributed by atoms with Crippen molar-refractivity contribution in [2.75, 3.05) is 6.61 Å². The number of hydrogen-bond acceptors (Lipinski definition) is 4. The van der Waals surface area contributed by atoms with E-state index in [9.17, 15) is 4.79 Å². The lowest BCUT2D eigenvalue weighted by atomic mass is 10.1. The normalized spacial score (nSPS) is 20.4. The van der Waals surface area contributed by atoms with Gasteiger partial charge in [-0.05, 0) is 19.3 Å². The summed E-state index contributed by atoms with van der Waals surface area (Å²) in [6.07, 6.45) is 6.35. The van der Waals surface area contributed by atoms with E-state index in [1.165, 1.54) is 6.42 Å². The fourth-order valence-corrected chi connectivity index (χ4v) is 1.95. The number of oxazole rings is 1. The van der Waals surface area contributed by atoms with E-state index in [1.54, 1.807) is 6.20 Å². The summed E-state index contributed by atoms with van der Waals surface area (Å²) >= 11 is 0. The third-order valence-electron chi connectivity index (χ3n) is 2.86. The highest BCUT2D eigenvalue weighted by molar-refractivity contribution is 5.66. The molecule has 1 aromatic heterocycles. The maximum atomic E-state index is 10.4. The summed E-state index contributed by atoms with van der Waals surface area (Å²) in [4.78, 5) is 14.6. The second-order valence-corrected chi connectivity index (χ2v) is 4.31. The van der Waals surface area contributed by atoms with Crippen molar-refractivity contribution >= 4 is 5.97 Å². The van der Waals surface area contributed by atoms with Gasteiger partial charge in [-0.1, -0.05) is 0 Å². The van der Waals surface area contributed by atoms with E-state index in [0.717, 1.165) is 19.4 Å². The molecular weight excluding hydrogens is 222 g/mol. The smallest absolute Gasteiger partial charge is 0.303 e. The topological polar surface area (TPSA) is 72.6 Å². The maximum absolute atomic E-state index is 10.4. The van der Waals surface area contributed by atoms with Gasteiger partial charge >= 0.3 is 5.97 Å². The van der Waals surface area contributed by atoms with Gasteiger partial charge in [0.1, 0.15) is 5.76 Å². The fraction of sp³-hybridized carbons (Fsp3) is 0.667. The largest absolute Gasteiger partial charge is 0.481 e. The van der Waals surface area contributed by atoms with Gasteiger partial charge in [0, 0.05) is 13.0 Å². The predicted octanol–water partition coefficient (Wildman–Crippen LogP) is 1.80. The molecule has 2 rings (SSSR count). The molecule has 1 unspecified atom stereocenters. The zero-order valence-electron chi connectivity index (χ0n) is 9.72. The molecule has 0 amide bonds. The van der Waals surface area contributed by atoms with Gasteiger partial charge in [0.2, 0.25) is 0 Å². The summed E-state index contributed by atoms with van der Waals surface area (Å²) in [7, 11) is 0. The minimum atomic E-state index is -0.821. The molecule has 0 aliphatic carbocycles. The van der Waals surface area contributed by atoms with Crippen LogP contribution in [-0.2, 0) is 22.4 Å². The monoisotopic (exact) mass is 239 g/mol. The SMILES string of the molecule is O=C(O)CCc1cnc(CC2CCCCO2)o1. The van der Waals surface area contributed by atoms with Crippen molar-refractivity contribution in [3.63, 3.8) is 0 Å². The molecule has 2 heterocycles. The number of carbonyl (C=O) groups is 1. The molecule has 0 saturated carbocycles. The lowest BCUT2D eigenvalue weighted by molar-refractivity contribution is -0.137. The van der Waals surface area contributed by atoms with Crippen molar-refractivity contribution in [2.45, 2.75) is 44.6 Å². The van der Waals surface area contributed by atoms with Gasteiger partial charge in [-0.3, -0.25) is 4.79 Å². The Labute approximate surface area is 99.8 Å². The third-order valence-corrected chi connectivity index (χ3v) is 2.86. The molecule has 0 aromatic carbocycles. The van der Waals surface area contributed by atoms with Crippen molar-refractivity contribution in [1.29, 1.82) is 0 Å². The zero-order valence-corrected chi connectivity index (χ0v) is 9.72. The number of aromatic nitrogens is 1. The highest BCUT2D eigenvalue weighted by atomic mass is 16.5. The van der Waals surface area contributed by atoms with Crippen molar-refractivity contribution in [2.24, 2.45) is 0 Å². The van der Waals surface area contributed by atoms with Crippen LogP contribution >= 0.6 is 0 Å². The van der Waals surface area contributed by atoms with Gasteiger partial charge < -0.3 is 14.3 Å². The Morgan fingerprint density at radius 3 is 3.12 bits per heavy atom. The van der Waals surface area contributed by atoms with E-state index >= 15 is 0 Å². The van der Waals surface area contributed by atoms with E-state index in [0.29, 0.717) is 24.5 Å². The van der Waals surface area contributed by atoms with Crippen molar-refractivity contribution < 1.29 is 19.1 Å². The molecule has 5 nitrogen and oxygen atoms in total. The number of carboxylic acids is 1. The first-order valence-electron chi connectivity index (χ1n) is 6.01. The molecule has 1 fully saturated rings. The van der Waals surface area contributed by atoms with Gasteiger partial charge in [-0.25, -0.2) is 4.98 Å². The number of rotatable bonds is 5. The maximum Gasteiger partial charge on any atom is 0.303 e. The minimum Gasteiger partial charge on any atom is -0.481 e. The molecule has 0 radical (unpaired) electrons. The second-order valence-electron chi connectivity index (χ2n) is 4.31. The average molecular weight is 239 g/mol. The van der Waals surface area contributed by atoms with Crippen LogP contribution in [0.15, 0.2) is 10.6 Å². The molecule has 1 N–H and O–H groups in total. The fourth-order valence-electron chi connectivity index (χ4n) is 1.95. The van der Waals surface area contributed by atoms with Crippen LogP contribution < -0.4 is 0 Å². The molecule has 94 valence electrons. The summed E-state index contributed by atoms with van der Waals surface area (Å²) in [6, 6.07) is 0.